The van der Waals surface area contributed by atoms with Crippen molar-refractivity contribution in [2.24, 2.45) is 5.92 Å². The average Bonchev–Trinajstić information content (AvgIpc) is 2.27. The van der Waals surface area contributed by atoms with Gasteiger partial charge in [0.15, 0.2) is 0 Å². The molecule has 0 aromatic rings. The predicted octanol–water partition coefficient (Wildman–Crippen LogP) is 4.49. The van der Waals surface area contributed by atoms with E-state index >= 15 is 0 Å². The second-order valence-electron chi connectivity index (χ2n) is 6.11. The first-order valence-corrected chi connectivity index (χ1v) is 8.63. The predicted molar refractivity (Wildman–Crippen MR) is 69.3 cm³/mol. The van der Waals surface area contributed by atoms with E-state index in [9.17, 15) is 0 Å². The highest BCUT2D eigenvalue weighted by molar-refractivity contribution is 6.74. The highest BCUT2D eigenvalue weighted by Gasteiger charge is 2.39. The van der Waals surface area contributed by atoms with Gasteiger partial charge in [-0.05, 0) is 43.1 Å². The fraction of sp³-hybridized carbons (Fsp3) is 0.692. The first kappa shape index (κ1) is 12.6. The summed E-state index contributed by atoms with van der Waals surface area (Å²) in [5.41, 5.74) is 1.41. The molecule has 1 rings (SSSR count). The van der Waals surface area contributed by atoms with Gasteiger partial charge in [0, 0.05) is 0 Å². The molecule has 0 aromatic heterocycles. The van der Waals surface area contributed by atoms with Gasteiger partial charge in [0.25, 0.3) is 0 Å². The molecule has 0 N–H and O–H groups in total. The molecule has 0 radical (unpaired) electrons. The molecule has 1 unspecified atom stereocenters. The van der Waals surface area contributed by atoms with E-state index in [4.69, 9.17) is 4.43 Å². The van der Waals surface area contributed by atoms with Gasteiger partial charge < -0.3 is 4.43 Å². The molecule has 15 heavy (non-hydrogen) atoms. The van der Waals surface area contributed by atoms with Crippen molar-refractivity contribution in [1.29, 1.82) is 0 Å². The van der Waals surface area contributed by atoms with Crippen LogP contribution in [-0.2, 0) is 4.43 Å². The second kappa shape index (κ2) is 3.82. The van der Waals surface area contributed by atoms with Crippen molar-refractivity contribution in [3.05, 3.63) is 23.5 Å². The zero-order chi connectivity index (χ0) is 11.9. The molecule has 0 heterocycles. The summed E-state index contributed by atoms with van der Waals surface area (Å²) in [6.07, 6.45) is 4.42. The summed E-state index contributed by atoms with van der Waals surface area (Å²) in [5.74, 6) is 1.64. The van der Waals surface area contributed by atoms with Crippen LogP contribution in [0.5, 0.6) is 0 Å². The van der Waals surface area contributed by atoms with E-state index in [0.717, 1.165) is 5.76 Å². The summed E-state index contributed by atoms with van der Waals surface area (Å²) in [6, 6.07) is 0. The molecule has 2 heteroatoms. The van der Waals surface area contributed by atoms with Crippen LogP contribution in [0.3, 0.4) is 0 Å². The van der Waals surface area contributed by atoms with Crippen molar-refractivity contribution >= 4 is 8.32 Å². The van der Waals surface area contributed by atoms with E-state index in [-0.39, 0.29) is 5.04 Å². The fourth-order valence-corrected chi connectivity index (χ4v) is 2.32. The van der Waals surface area contributed by atoms with Gasteiger partial charge in [0.1, 0.15) is 0 Å². The van der Waals surface area contributed by atoms with Gasteiger partial charge in [-0.15, -0.1) is 0 Å². The first-order chi connectivity index (χ1) is 6.63. The smallest absolute Gasteiger partial charge is 0.250 e. The second-order valence-corrected chi connectivity index (χ2v) is 10.8. The quantitative estimate of drug-likeness (QED) is 0.628. The maximum Gasteiger partial charge on any atom is 0.250 e. The lowest BCUT2D eigenvalue weighted by Gasteiger charge is -2.36. The summed E-state index contributed by atoms with van der Waals surface area (Å²) in [7, 11) is -1.64. The van der Waals surface area contributed by atoms with Crippen molar-refractivity contribution in [2.45, 2.75) is 52.8 Å². The summed E-state index contributed by atoms with van der Waals surface area (Å²) in [6.45, 7) is 15.8. The van der Waals surface area contributed by atoms with E-state index in [0.29, 0.717) is 5.92 Å². The lowest BCUT2D eigenvalue weighted by molar-refractivity contribution is 0.400. The van der Waals surface area contributed by atoms with E-state index in [2.05, 4.69) is 59.9 Å². The Balaban J connectivity index is 2.77. The topological polar surface area (TPSA) is 9.23 Å². The summed E-state index contributed by atoms with van der Waals surface area (Å²) in [5, 5.41) is 0.279. The highest BCUT2D eigenvalue weighted by atomic mass is 28.4. The highest BCUT2D eigenvalue weighted by Crippen LogP contribution is 2.39. The van der Waals surface area contributed by atoms with Crippen molar-refractivity contribution in [1.82, 2.24) is 0 Å². The number of hydrogen-bond donors (Lipinski definition) is 0. The third-order valence-electron chi connectivity index (χ3n) is 3.68. The lowest BCUT2D eigenvalue weighted by Crippen LogP contribution is -2.40. The molecule has 0 aliphatic heterocycles. The minimum atomic E-state index is -1.64. The van der Waals surface area contributed by atoms with Gasteiger partial charge >= 0.3 is 0 Å². The van der Waals surface area contributed by atoms with Crippen LogP contribution in [0.4, 0.5) is 0 Å². The van der Waals surface area contributed by atoms with Crippen LogP contribution in [0.15, 0.2) is 23.5 Å². The van der Waals surface area contributed by atoms with Crippen LogP contribution in [-0.4, -0.2) is 8.32 Å². The Morgan fingerprint density at radius 1 is 1.27 bits per heavy atom. The lowest BCUT2D eigenvalue weighted by atomic mass is 10.1. The first-order valence-electron chi connectivity index (χ1n) is 5.72. The number of hydrogen-bond acceptors (Lipinski definition) is 1. The molecule has 1 nitrogen and oxygen atoms in total. The van der Waals surface area contributed by atoms with E-state index in [1.807, 2.05) is 0 Å². The van der Waals surface area contributed by atoms with Crippen LogP contribution in [0.2, 0.25) is 18.1 Å². The van der Waals surface area contributed by atoms with E-state index in [1.54, 1.807) is 0 Å². The molecule has 0 aromatic carbocycles. The Hall–Kier alpha value is -0.503. The molecule has 86 valence electrons. The van der Waals surface area contributed by atoms with Gasteiger partial charge in [-0.25, -0.2) is 0 Å². The van der Waals surface area contributed by atoms with Crippen molar-refractivity contribution in [3.8, 4) is 0 Å². The average molecular weight is 224 g/mol. The summed E-state index contributed by atoms with van der Waals surface area (Å²) in [4.78, 5) is 0. The van der Waals surface area contributed by atoms with E-state index in [1.165, 1.54) is 5.57 Å². The van der Waals surface area contributed by atoms with E-state index < -0.39 is 8.32 Å². The molecule has 0 amide bonds. The van der Waals surface area contributed by atoms with Crippen LogP contribution in [0.25, 0.3) is 0 Å². The van der Waals surface area contributed by atoms with Crippen LogP contribution in [0.1, 0.15) is 34.6 Å². The molecule has 1 aliphatic carbocycles. The third kappa shape index (κ3) is 2.74. The Bertz CT molecular complexity index is 305. The summed E-state index contributed by atoms with van der Waals surface area (Å²) < 4.78 is 6.23. The van der Waals surface area contributed by atoms with Gasteiger partial charge in [0.2, 0.25) is 8.32 Å². The standard InChI is InChI=1S/C13H24OSi/c1-10-8-12(9-11(10)2)14-15(6,7)13(3,4)5/h8-10H,1-7H3. The Morgan fingerprint density at radius 2 is 1.80 bits per heavy atom. The SMILES string of the molecule is CC1=CC(O[Si](C)(C)C(C)(C)C)=CC1C. The molecular weight excluding hydrogens is 200 g/mol. The summed E-state index contributed by atoms with van der Waals surface area (Å²) >= 11 is 0. The maximum atomic E-state index is 6.23. The fourth-order valence-electron chi connectivity index (χ4n) is 1.29. The Morgan fingerprint density at radius 3 is 2.13 bits per heavy atom. The van der Waals surface area contributed by atoms with Crippen LogP contribution in [0, 0.1) is 5.92 Å². The largest absolute Gasteiger partial charge is 0.544 e. The molecule has 1 atom stereocenters. The van der Waals surface area contributed by atoms with Crippen LogP contribution < -0.4 is 0 Å². The third-order valence-corrected chi connectivity index (χ3v) is 8.04. The Labute approximate surface area is 95.4 Å². The van der Waals surface area contributed by atoms with Gasteiger partial charge in [0.05, 0.1) is 5.76 Å². The van der Waals surface area contributed by atoms with Gasteiger partial charge in [-0.3, -0.25) is 0 Å². The molecular formula is C13H24OSi. The monoisotopic (exact) mass is 224 g/mol. The Kier molecular flexibility index (Phi) is 3.20. The number of allylic oxidation sites excluding steroid dienone is 3. The van der Waals surface area contributed by atoms with Crippen molar-refractivity contribution < 1.29 is 4.43 Å². The van der Waals surface area contributed by atoms with Gasteiger partial charge in [-0.1, -0.05) is 33.3 Å². The van der Waals surface area contributed by atoms with Crippen LogP contribution >= 0.6 is 0 Å². The maximum absolute atomic E-state index is 6.23. The molecule has 1 aliphatic rings. The minimum absolute atomic E-state index is 0.279. The van der Waals surface area contributed by atoms with Crippen molar-refractivity contribution in [2.75, 3.05) is 0 Å². The molecule has 0 saturated heterocycles. The normalized spacial score (nSPS) is 22.5. The zero-order valence-electron chi connectivity index (χ0n) is 11.1. The number of rotatable bonds is 2. The molecule has 0 saturated carbocycles. The van der Waals surface area contributed by atoms with Gasteiger partial charge in [-0.2, -0.15) is 0 Å². The zero-order valence-corrected chi connectivity index (χ0v) is 12.1. The molecule has 0 spiro atoms. The minimum Gasteiger partial charge on any atom is -0.544 e. The molecule has 0 fully saturated rings. The van der Waals surface area contributed by atoms with Crippen molar-refractivity contribution in [3.63, 3.8) is 0 Å². The molecule has 0 bridgehead atoms.